The summed E-state index contributed by atoms with van der Waals surface area (Å²) in [7, 11) is 1.85. The van der Waals surface area contributed by atoms with E-state index in [0.29, 0.717) is 6.54 Å². The fraction of sp³-hybridized carbons (Fsp3) is 0.857. The molecular formula is C14H27N3O2. The molecule has 110 valence electrons. The van der Waals surface area contributed by atoms with Crippen LogP contribution < -0.4 is 10.6 Å². The molecule has 1 saturated heterocycles. The van der Waals surface area contributed by atoms with E-state index in [1.54, 1.807) is 0 Å². The topological polar surface area (TPSA) is 61.4 Å². The van der Waals surface area contributed by atoms with Gasteiger partial charge in [0.25, 0.3) is 0 Å². The lowest BCUT2D eigenvalue weighted by Crippen LogP contribution is -2.49. The number of piperidine rings is 1. The maximum atomic E-state index is 11.9. The molecule has 1 heterocycles. The highest BCUT2D eigenvalue weighted by Crippen LogP contribution is 2.13. The van der Waals surface area contributed by atoms with Crippen molar-refractivity contribution in [1.82, 2.24) is 15.5 Å². The molecule has 5 heteroatoms. The van der Waals surface area contributed by atoms with Crippen molar-refractivity contribution in [3.8, 4) is 0 Å². The minimum atomic E-state index is -0.0136. The third-order valence-corrected chi connectivity index (χ3v) is 3.60. The average molecular weight is 269 g/mol. The number of amides is 2. The van der Waals surface area contributed by atoms with E-state index in [-0.39, 0.29) is 29.7 Å². The Morgan fingerprint density at radius 2 is 1.79 bits per heavy atom. The Labute approximate surface area is 116 Å². The number of likely N-dealkylation sites (tertiary alicyclic amines) is 1. The highest BCUT2D eigenvalue weighted by atomic mass is 16.2. The van der Waals surface area contributed by atoms with Crippen LogP contribution in [-0.2, 0) is 9.59 Å². The predicted molar refractivity (Wildman–Crippen MR) is 75.7 cm³/mol. The normalized spacial score (nSPS) is 18.5. The Hall–Kier alpha value is -1.10. The molecule has 1 fully saturated rings. The highest BCUT2D eigenvalue weighted by molar-refractivity contribution is 5.79. The van der Waals surface area contributed by atoms with Gasteiger partial charge in [0.2, 0.25) is 11.8 Å². The largest absolute Gasteiger partial charge is 0.353 e. The third kappa shape index (κ3) is 4.82. The molecule has 0 bridgehead atoms. The van der Waals surface area contributed by atoms with Gasteiger partial charge in [0, 0.05) is 37.5 Å². The number of nitrogens with zero attached hydrogens (tertiary/aromatic N) is 1. The van der Waals surface area contributed by atoms with Gasteiger partial charge in [-0.05, 0) is 19.9 Å². The molecule has 0 aromatic heterocycles. The van der Waals surface area contributed by atoms with Gasteiger partial charge in [-0.3, -0.25) is 9.59 Å². The summed E-state index contributed by atoms with van der Waals surface area (Å²) in [5.41, 5.74) is 0. The first-order valence-electron chi connectivity index (χ1n) is 7.19. The van der Waals surface area contributed by atoms with E-state index in [0.717, 1.165) is 25.9 Å². The Morgan fingerprint density at radius 3 is 2.26 bits per heavy atom. The SMILES string of the molecule is CNCC(C)C(=O)NC1CCN(C(=O)C(C)C)CC1. The molecule has 0 radical (unpaired) electrons. The van der Waals surface area contributed by atoms with Gasteiger partial charge in [-0.15, -0.1) is 0 Å². The number of hydrogen-bond donors (Lipinski definition) is 2. The van der Waals surface area contributed by atoms with Crippen molar-refractivity contribution in [3.05, 3.63) is 0 Å². The number of rotatable bonds is 5. The second-order valence-corrected chi connectivity index (χ2v) is 5.72. The summed E-state index contributed by atoms with van der Waals surface area (Å²) in [6, 6.07) is 0.211. The first kappa shape index (κ1) is 16.0. The van der Waals surface area contributed by atoms with Crippen LogP contribution in [-0.4, -0.2) is 49.4 Å². The van der Waals surface area contributed by atoms with Crippen LogP contribution >= 0.6 is 0 Å². The Bertz CT molecular complexity index is 310. The van der Waals surface area contributed by atoms with Gasteiger partial charge in [0.15, 0.2) is 0 Å². The molecule has 1 rings (SSSR count). The fourth-order valence-electron chi connectivity index (χ4n) is 2.35. The molecule has 0 aromatic rings. The molecule has 0 spiro atoms. The molecule has 19 heavy (non-hydrogen) atoms. The summed E-state index contributed by atoms with van der Waals surface area (Å²) in [6.45, 7) is 7.97. The molecule has 0 aliphatic carbocycles. The molecule has 5 nitrogen and oxygen atoms in total. The van der Waals surface area contributed by atoms with Crippen molar-refractivity contribution in [3.63, 3.8) is 0 Å². The number of carbonyl (C=O) groups is 2. The zero-order chi connectivity index (χ0) is 14.4. The lowest BCUT2D eigenvalue weighted by Gasteiger charge is -2.33. The minimum absolute atomic E-state index is 0.0136. The van der Waals surface area contributed by atoms with Gasteiger partial charge in [0.05, 0.1) is 0 Å². The Balaban J connectivity index is 2.34. The van der Waals surface area contributed by atoms with Crippen molar-refractivity contribution in [1.29, 1.82) is 0 Å². The maximum Gasteiger partial charge on any atom is 0.225 e. The number of nitrogens with one attached hydrogen (secondary N) is 2. The van der Waals surface area contributed by atoms with Crippen LogP contribution in [0.3, 0.4) is 0 Å². The molecule has 2 amide bonds. The first-order chi connectivity index (χ1) is 8.95. The van der Waals surface area contributed by atoms with E-state index >= 15 is 0 Å². The van der Waals surface area contributed by atoms with Crippen LogP contribution in [0.2, 0.25) is 0 Å². The molecule has 0 saturated carbocycles. The molecule has 1 atom stereocenters. The van der Waals surface area contributed by atoms with Gasteiger partial charge in [-0.1, -0.05) is 20.8 Å². The third-order valence-electron chi connectivity index (χ3n) is 3.60. The molecule has 2 N–H and O–H groups in total. The summed E-state index contributed by atoms with van der Waals surface area (Å²) in [5, 5.41) is 6.08. The lowest BCUT2D eigenvalue weighted by molar-refractivity contribution is -0.135. The van der Waals surface area contributed by atoms with Crippen molar-refractivity contribution in [2.45, 2.75) is 39.7 Å². The van der Waals surface area contributed by atoms with Gasteiger partial charge < -0.3 is 15.5 Å². The van der Waals surface area contributed by atoms with Crippen LogP contribution in [0.1, 0.15) is 33.6 Å². The maximum absolute atomic E-state index is 11.9. The summed E-state index contributed by atoms with van der Waals surface area (Å²) in [4.78, 5) is 25.7. The highest BCUT2D eigenvalue weighted by Gasteiger charge is 2.25. The zero-order valence-electron chi connectivity index (χ0n) is 12.5. The number of hydrogen-bond acceptors (Lipinski definition) is 3. The lowest BCUT2D eigenvalue weighted by atomic mass is 10.0. The smallest absolute Gasteiger partial charge is 0.225 e. The van der Waals surface area contributed by atoms with Crippen LogP contribution in [0.5, 0.6) is 0 Å². The average Bonchev–Trinajstić information content (AvgIpc) is 2.38. The van der Waals surface area contributed by atoms with E-state index < -0.39 is 0 Å². The van der Waals surface area contributed by atoms with Crippen LogP contribution in [0.15, 0.2) is 0 Å². The summed E-state index contributed by atoms with van der Waals surface area (Å²) in [5.74, 6) is 0.360. The predicted octanol–water partition coefficient (Wildman–Crippen LogP) is 0.605. The van der Waals surface area contributed by atoms with Crippen LogP contribution in [0.25, 0.3) is 0 Å². The Morgan fingerprint density at radius 1 is 1.21 bits per heavy atom. The molecule has 1 unspecified atom stereocenters. The second kappa shape index (κ2) is 7.48. The van der Waals surface area contributed by atoms with Crippen LogP contribution in [0.4, 0.5) is 0 Å². The standard InChI is InChI=1S/C14H27N3O2/c1-10(2)14(19)17-7-5-12(6-8-17)16-13(18)11(3)9-15-4/h10-12,15H,5-9H2,1-4H3,(H,16,18). The van der Waals surface area contributed by atoms with Gasteiger partial charge in [-0.2, -0.15) is 0 Å². The van der Waals surface area contributed by atoms with Gasteiger partial charge in [0.1, 0.15) is 0 Å². The van der Waals surface area contributed by atoms with Crippen molar-refractivity contribution in [2.75, 3.05) is 26.7 Å². The Kier molecular flexibility index (Phi) is 6.28. The van der Waals surface area contributed by atoms with Gasteiger partial charge >= 0.3 is 0 Å². The van der Waals surface area contributed by atoms with E-state index in [9.17, 15) is 9.59 Å². The zero-order valence-corrected chi connectivity index (χ0v) is 12.5. The molecular weight excluding hydrogens is 242 g/mol. The quantitative estimate of drug-likeness (QED) is 0.768. The van der Waals surface area contributed by atoms with Crippen LogP contribution in [0, 0.1) is 11.8 Å². The second-order valence-electron chi connectivity index (χ2n) is 5.72. The van der Waals surface area contributed by atoms with E-state index in [4.69, 9.17) is 0 Å². The van der Waals surface area contributed by atoms with Crippen molar-refractivity contribution >= 4 is 11.8 Å². The summed E-state index contributed by atoms with van der Waals surface area (Å²) < 4.78 is 0. The monoisotopic (exact) mass is 269 g/mol. The van der Waals surface area contributed by atoms with E-state index in [1.807, 2.05) is 32.7 Å². The van der Waals surface area contributed by atoms with E-state index in [2.05, 4.69) is 10.6 Å². The molecule has 0 aromatic carbocycles. The fourth-order valence-corrected chi connectivity index (χ4v) is 2.35. The first-order valence-corrected chi connectivity index (χ1v) is 7.19. The molecule has 1 aliphatic heterocycles. The van der Waals surface area contributed by atoms with Crippen molar-refractivity contribution in [2.24, 2.45) is 11.8 Å². The number of carbonyl (C=O) groups excluding carboxylic acids is 2. The van der Waals surface area contributed by atoms with Gasteiger partial charge in [-0.25, -0.2) is 0 Å². The minimum Gasteiger partial charge on any atom is -0.353 e. The molecule has 1 aliphatic rings. The summed E-state index contributed by atoms with van der Waals surface area (Å²) >= 11 is 0. The van der Waals surface area contributed by atoms with E-state index in [1.165, 1.54) is 0 Å². The van der Waals surface area contributed by atoms with Crippen molar-refractivity contribution < 1.29 is 9.59 Å². The summed E-state index contributed by atoms with van der Waals surface area (Å²) in [6.07, 6.45) is 1.72.